The zero-order chi connectivity index (χ0) is 15.6. The first-order valence-corrected chi connectivity index (χ1v) is 7.85. The fourth-order valence-electron chi connectivity index (χ4n) is 3.88. The molecule has 0 spiro atoms. The number of nitro groups is 1. The quantitative estimate of drug-likeness (QED) is 0.658. The third kappa shape index (κ3) is 2.59. The number of hydrogen-bond acceptors (Lipinski definition) is 4. The second-order valence-electron chi connectivity index (χ2n) is 6.30. The molecule has 2 N–H and O–H groups in total. The van der Waals surface area contributed by atoms with Gasteiger partial charge in [0.05, 0.1) is 10.3 Å². The van der Waals surface area contributed by atoms with Gasteiger partial charge in [0.1, 0.15) is 0 Å². The van der Waals surface area contributed by atoms with E-state index in [4.69, 9.17) is 0 Å². The SMILES string of the molecule is O=C(NCc1ccccc1[N+](=O)[O-])[C@@]12CCCC[C@H]1CNC2. The van der Waals surface area contributed by atoms with E-state index in [-0.39, 0.29) is 23.6 Å². The predicted octanol–water partition coefficient (Wildman–Crippen LogP) is 1.99. The van der Waals surface area contributed by atoms with E-state index in [9.17, 15) is 14.9 Å². The van der Waals surface area contributed by atoms with Crippen LogP contribution < -0.4 is 10.6 Å². The number of fused-ring (bicyclic) bond motifs is 1. The molecule has 0 radical (unpaired) electrons. The molecule has 6 heteroatoms. The predicted molar refractivity (Wildman–Crippen MR) is 82.2 cm³/mol. The van der Waals surface area contributed by atoms with Crippen LogP contribution in [0.2, 0.25) is 0 Å². The zero-order valence-electron chi connectivity index (χ0n) is 12.5. The second-order valence-corrected chi connectivity index (χ2v) is 6.30. The lowest BCUT2D eigenvalue weighted by Gasteiger charge is -2.37. The molecule has 2 aliphatic rings. The molecule has 1 saturated carbocycles. The number of nitro benzene ring substituents is 1. The molecule has 118 valence electrons. The normalized spacial score (nSPS) is 27.2. The Kier molecular flexibility index (Phi) is 4.11. The Labute approximate surface area is 129 Å². The molecule has 3 rings (SSSR count). The third-order valence-corrected chi connectivity index (χ3v) is 5.12. The standard InChI is InChI=1S/C16H21N3O3/c20-15(16-8-4-3-6-13(16)10-17-11-16)18-9-12-5-1-2-7-14(12)19(21)22/h1-2,5,7,13,17H,3-4,6,8-11H2,(H,18,20)/t13-,16+/m0/s1. The van der Waals surface area contributed by atoms with Gasteiger partial charge < -0.3 is 10.6 Å². The number of amides is 1. The Morgan fingerprint density at radius 2 is 2.23 bits per heavy atom. The number of carbonyl (C=O) groups is 1. The average Bonchev–Trinajstić information content (AvgIpc) is 2.98. The van der Waals surface area contributed by atoms with Gasteiger partial charge in [0.2, 0.25) is 5.91 Å². The maximum absolute atomic E-state index is 12.7. The first-order chi connectivity index (χ1) is 10.6. The number of carbonyl (C=O) groups excluding carboxylic acids is 1. The molecule has 2 fully saturated rings. The van der Waals surface area contributed by atoms with E-state index in [1.54, 1.807) is 18.2 Å². The summed E-state index contributed by atoms with van der Waals surface area (Å²) in [5, 5.41) is 17.3. The van der Waals surface area contributed by atoms with E-state index in [2.05, 4.69) is 10.6 Å². The maximum atomic E-state index is 12.7. The monoisotopic (exact) mass is 303 g/mol. The Morgan fingerprint density at radius 3 is 3.05 bits per heavy atom. The van der Waals surface area contributed by atoms with Crippen molar-refractivity contribution in [1.82, 2.24) is 10.6 Å². The van der Waals surface area contributed by atoms with Crippen molar-refractivity contribution in [2.45, 2.75) is 32.2 Å². The van der Waals surface area contributed by atoms with Gasteiger partial charge in [0.15, 0.2) is 0 Å². The van der Waals surface area contributed by atoms with Gasteiger partial charge in [-0.05, 0) is 25.3 Å². The topological polar surface area (TPSA) is 84.3 Å². The molecule has 2 atom stereocenters. The first kappa shape index (κ1) is 15.0. The highest BCUT2D eigenvalue weighted by molar-refractivity contribution is 5.84. The van der Waals surface area contributed by atoms with Crippen molar-refractivity contribution < 1.29 is 9.72 Å². The lowest BCUT2D eigenvalue weighted by molar-refractivity contribution is -0.385. The van der Waals surface area contributed by atoms with Crippen LogP contribution in [0.15, 0.2) is 24.3 Å². The Balaban J connectivity index is 1.71. The fraction of sp³-hybridized carbons (Fsp3) is 0.562. The van der Waals surface area contributed by atoms with Gasteiger partial charge in [-0.15, -0.1) is 0 Å². The van der Waals surface area contributed by atoms with Crippen LogP contribution in [0.4, 0.5) is 5.69 Å². The summed E-state index contributed by atoms with van der Waals surface area (Å²) < 4.78 is 0. The van der Waals surface area contributed by atoms with Crippen molar-refractivity contribution in [3.63, 3.8) is 0 Å². The number of para-hydroxylation sites is 1. The summed E-state index contributed by atoms with van der Waals surface area (Å²) in [7, 11) is 0. The van der Waals surface area contributed by atoms with Crippen LogP contribution in [0.5, 0.6) is 0 Å². The van der Waals surface area contributed by atoms with Crippen LogP contribution in [-0.4, -0.2) is 23.9 Å². The van der Waals surface area contributed by atoms with Crippen LogP contribution in [0.3, 0.4) is 0 Å². The van der Waals surface area contributed by atoms with Gasteiger partial charge in [-0.2, -0.15) is 0 Å². The maximum Gasteiger partial charge on any atom is 0.274 e. The largest absolute Gasteiger partial charge is 0.351 e. The summed E-state index contributed by atoms with van der Waals surface area (Å²) in [5.41, 5.74) is 0.294. The molecule has 6 nitrogen and oxygen atoms in total. The van der Waals surface area contributed by atoms with Crippen molar-refractivity contribution in [3.05, 3.63) is 39.9 Å². The van der Waals surface area contributed by atoms with Crippen molar-refractivity contribution >= 4 is 11.6 Å². The summed E-state index contributed by atoms with van der Waals surface area (Å²) in [4.78, 5) is 23.4. The van der Waals surface area contributed by atoms with E-state index in [0.717, 1.165) is 32.4 Å². The lowest BCUT2D eigenvalue weighted by Crippen LogP contribution is -2.47. The van der Waals surface area contributed by atoms with Crippen molar-refractivity contribution in [3.8, 4) is 0 Å². The van der Waals surface area contributed by atoms with Crippen molar-refractivity contribution in [2.75, 3.05) is 13.1 Å². The Hall–Kier alpha value is -1.95. The number of nitrogens with zero attached hydrogens (tertiary/aromatic N) is 1. The molecular weight excluding hydrogens is 282 g/mol. The van der Waals surface area contributed by atoms with Gasteiger partial charge in [0, 0.05) is 24.7 Å². The molecular formula is C16H21N3O3. The summed E-state index contributed by atoms with van der Waals surface area (Å²) >= 11 is 0. The van der Waals surface area contributed by atoms with E-state index >= 15 is 0 Å². The molecule has 1 aliphatic carbocycles. The van der Waals surface area contributed by atoms with Gasteiger partial charge >= 0.3 is 0 Å². The Morgan fingerprint density at radius 1 is 1.41 bits per heavy atom. The van der Waals surface area contributed by atoms with Crippen LogP contribution in [0.1, 0.15) is 31.2 Å². The van der Waals surface area contributed by atoms with Gasteiger partial charge in [-0.25, -0.2) is 0 Å². The van der Waals surface area contributed by atoms with Crippen LogP contribution in [0, 0.1) is 21.4 Å². The average molecular weight is 303 g/mol. The van der Waals surface area contributed by atoms with Crippen LogP contribution in [0.25, 0.3) is 0 Å². The first-order valence-electron chi connectivity index (χ1n) is 7.85. The van der Waals surface area contributed by atoms with Gasteiger partial charge in [-0.3, -0.25) is 14.9 Å². The highest BCUT2D eigenvalue weighted by Gasteiger charge is 2.49. The minimum atomic E-state index is -0.402. The van der Waals surface area contributed by atoms with E-state index in [0.29, 0.717) is 11.5 Å². The van der Waals surface area contributed by atoms with Crippen molar-refractivity contribution in [1.29, 1.82) is 0 Å². The number of rotatable bonds is 4. The second kappa shape index (κ2) is 6.04. The van der Waals surface area contributed by atoms with E-state index in [1.165, 1.54) is 12.5 Å². The molecule has 1 aromatic rings. The number of hydrogen-bond donors (Lipinski definition) is 2. The molecule has 0 unspecified atom stereocenters. The molecule has 1 saturated heterocycles. The smallest absolute Gasteiger partial charge is 0.274 e. The van der Waals surface area contributed by atoms with E-state index < -0.39 is 4.92 Å². The highest BCUT2D eigenvalue weighted by atomic mass is 16.6. The van der Waals surface area contributed by atoms with Gasteiger partial charge in [0.25, 0.3) is 5.69 Å². The molecule has 22 heavy (non-hydrogen) atoms. The summed E-state index contributed by atoms with van der Waals surface area (Å²) in [6.07, 6.45) is 4.27. The molecule has 0 aromatic heterocycles. The van der Waals surface area contributed by atoms with Gasteiger partial charge in [-0.1, -0.05) is 31.0 Å². The minimum Gasteiger partial charge on any atom is -0.351 e. The zero-order valence-corrected chi connectivity index (χ0v) is 12.5. The minimum absolute atomic E-state index is 0.0420. The molecule has 1 amide bonds. The number of benzene rings is 1. The summed E-state index contributed by atoms with van der Waals surface area (Å²) in [6.45, 7) is 1.84. The summed E-state index contributed by atoms with van der Waals surface area (Å²) in [5.74, 6) is 0.437. The molecule has 1 aliphatic heterocycles. The molecule has 1 aromatic carbocycles. The number of nitrogens with one attached hydrogen (secondary N) is 2. The van der Waals surface area contributed by atoms with E-state index in [1.807, 2.05) is 0 Å². The molecule has 1 heterocycles. The van der Waals surface area contributed by atoms with Crippen molar-refractivity contribution in [2.24, 2.45) is 11.3 Å². The molecule has 0 bridgehead atoms. The van der Waals surface area contributed by atoms with Crippen LogP contribution in [-0.2, 0) is 11.3 Å². The highest BCUT2D eigenvalue weighted by Crippen LogP contribution is 2.43. The van der Waals surface area contributed by atoms with Crippen LogP contribution >= 0.6 is 0 Å². The lowest BCUT2D eigenvalue weighted by atomic mass is 9.67. The third-order valence-electron chi connectivity index (χ3n) is 5.12. The Bertz CT molecular complexity index is 590. The fourth-order valence-corrected chi connectivity index (χ4v) is 3.88. The summed E-state index contributed by atoms with van der Waals surface area (Å²) in [6, 6.07) is 6.56.